The molecule has 0 radical (unpaired) electrons. The summed E-state index contributed by atoms with van der Waals surface area (Å²) in [4.78, 5) is 9.09. The van der Waals surface area contributed by atoms with E-state index in [4.69, 9.17) is 17.2 Å². The van der Waals surface area contributed by atoms with Crippen molar-refractivity contribution in [1.82, 2.24) is 20.2 Å². The predicted octanol–water partition coefficient (Wildman–Crippen LogP) is 3.98. The lowest BCUT2D eigenvalue weighted by Crippen LogP contribution is -2.13. The Bertz CT molecular complexity index is 823. The lowest BCUT2D eigenvalue weighted by Gasteiger charge is -2.19. The lowest BCUT2D eigenvalue weighted by atomic mass is 9.89. The fourth-order valence-corrected chi connectivity index (χ4v) is 2.30. The molecule has 0 amide bonds. The summed E-state index contributed by atoms with van der Waals surface area (Å²) in [7, 11) is 0. The third-order valence-corrected chi connectivity index (χ3v) is 3.43. The second-order valence-corrected chi connectivity index (χ2v) is 6.22. The maximum atomic E-state index is 5.05. The Balaban J connectivity index is 2.36. The number of hydrogen-bond acceptors (Lipinski definition) is 3. The normalized spacial score (nSPS) is 11.9. The van der Waals surface area contributed by atoms with Crippen LogP contribution in [0.15, 0.2) is 30.3 Å². The van der Waals surface area contributed by atoms with Crippen molar-refractivity contribution in [3.8, 4) is 11.4 Å². The van der Waals surface area contributed by atoms with Crippen molar-refractivity contribution in [3.63, 3.8) is 0 Å². The quantitative estimate of drug-likeness (QED) is 0.664. The van der Waals surface area contributed by atoms with E-state index in [1.165, 1.54) is 0 Å². The summed E-state index contributed by atoms with van der Waals surface area (Å²) in [5, 5.41) is 6.94. The van der Waals surface area contributed by atoms with Gasteiger partial charge in [0.1, 0.15) is 0 Å². The van der Waals surface area contributed by atoms with Crippen LogP contribution in [0.1, 0.15) is 26.5 Å². The molecule has 2 N–H and O–H groups in total. The number of pyridine rings is 1. The van der Waals surface area contributed by atoms with Gasteiger partial charge in [-0.3, -0.25) is 15.2 Å². The molecule has 102 valence electrons. The van der Waals surface area contributed by atoms with E-state index in [1.54, 1.807) is 0 Å². The Hall–Kier alpha value is -2.01. The fourth-order valence-electron chi connectivity index (χ4n) is 2.15. The van der Waals surface area contributed by atoms with Gasteiger partial charge < -0.3 is 0 Å². The molecule has 3 aromatic rings. The molecule has 20 heavy (non-hydrogen) atoms. The molecule has 2 aromatic heterocycles. The summed E-state index contributed by atoms with van der Waals surface area (Å²) in [6, 6.07) is 10.2. The van der Waals surface area contributed by atoms with Gasteiger partial charge in [0.15, 0.2) is 5.82 Å². The van der Waals surface area contributed by atoms with Crippen LogP contribution in [-0.4, -0.2) is 20.2 Å². The Kier molecular flexibility index (Phi) is 2.94. The van der Waals surface area contributed by atoms with Crippen molar-refractivity contribution >= 4 is 23.1 Å². The van der Waals surface area contributed by atoms with Crippen molar-refractivity contribution in [2.45, 2.75) is 26.2 Å². The summed E-state index contributed by atoms with van der Waals surface area (Å²) in [5.41, 5.74) is 3.00. The number of H-pyrrole nitrogens is 2. The van der Waals surface area contributed by atoms with Crippen molar-refractivity contribution in [3.05, 3.63) is 40.8 Å². The summed E-state index contributed by atoms with van der Waals surface area (Å²) in [5.74, 6) is 0.749. The fraction of sp³-hybridized carbons (Fsp3) is 0.267. The summed E-state index contributed by atoms with van der Waals surface area (Å²) < 4.78 is 0.457. The Morgan fingerprint density at radius 1 is 1.05 bits per heavy atom. The van der Waals surface area contributed by atoms with E-state index < -0.39 is 0 Å². The van der Waals surface area contributed by atoms with Gasteiger partial charge in [-0.2, -0.15) is 4.98 Å². The molecule has 0 spiro atoms. The first-order chi connectivity index (χ1) is 9.45. The van der Waals surface area contributed by atoms with E-state index >= 15 is 0 Å². The second-order valence-electron chi connectivity index (χ2n) is 5.84. The van der Waals surface area contributed by atoms with Crippen LogP contribution in [-0.2, 0) is 5.41 Å². The summed E-state index contributed by atoms with van der Waals surface area (Å²) >= 11 is 5.05. The smallest absolute Gasteiger partial charge is 0.213 e. The van der Waals surface area contributed by atoms with Crippen LogP contribution in [0.5, 0.6) is 0 Å². The minimum atomic E-state index is -0.0219. The van der Waals surface area contributed by atoms with E-state index in [0.29, 0.717) is 4.77 Å². The first kappa shape index (κ1) is 13.0. The molecule has 0 saturated carbocycles. The molecule has 5 heteroatoms. The van der Waals surface area contributed by atoms with Crippen LogP contribution in [0.25, 0.3) is 22.3 Å². The van der Waals surface area contributed by atoms with Crippen molar-refractivity contribution in [2.24, 2.45) is 0 Å². The number of nitrogens with one attached hydrogen (secondary N) is 2. The number of benzene rings is 1. The lowest BCUT2D eigenvalue weighted by molar-refractivity contribution is 0.572. The van der Waals surface area contributed by atoms with Gasteiger partial charge >= 0.3 is 0 Å². The minimum absolute atomic E-state index is 0.0219. The first-order valence-corrected chi connectivity index (χ1v) is 6.91. The number of aromatic amines is 2. The van der Waals surface area contributed by atoms with Crippen LogP contribution in [0.3, 0.4) is 0 Å². The van der Waals surface area contributed by atoms with Gasteiger partial charge in [0.25, 0.3) is 0 Å². The standard InChI is InChI=1S/C15H16N4S/c1-15(2,3)12-8-10(13-17-14(20)19-18-13)9-6-4-5-7-11(9)16-12/h4-8H,1-3H3,(H2,17,18,19,20). The van der Waals surface area contributed by atoms with E-state index in [1.807, 2.05) is 18.2 Å². The van der Waals surface area contributed by atoms with Gasteiger partial charge in [0.05, 0.1) is 5.52 Å². The number of para-hydroxylation sites is 1. The number of aromatic nitrogens is 4. The maximum Gasteiger partial charge on any atom is 0.213 e. The summed E-state index contributed by atoms with van der Waals surface area (Å²) in [6.07, 6.45) is 0. The van der Waals surface area contributed by atoms with E-state index in [-0.39, 0.29) is 5.41 Å². The maximum absolute atomic E-state index is 5.05. The largest absolute Gasteiger partial charge is 0.282 e. The molecule has 2 heterocycles. The highest BCUT2D eigenvalue weighted by atomic mass is 32.1. The Morgan fingerprint density at radius 3 is 2.45 bits per heavy atom. The van der Waals surface area contributed by atoms with Gasteiger partial charge in [0.2, 0.25) is 4.77 Å². The van der Waals surface area contributed by atoms with Gasteiger partial charge in [-0.1, -0.05) is 39.0 Å². The van der Waals surface area contributed by atoms with Gasteiger partial charge in [-0.05, 0) is 24.4 Å². The highest BCUT2D eigenvalue weighted by Gasteiger charge is 2.19. The molecule has 0 unspecified atom stereocenters. The highest BCUT2D eigenvalue weighted by molar-refractivity contribution is 7.71. The molecule has 3 rings (SSSR count). The molecule has 0 aliphatic rings. The molecule has 4 nitrogen and oxygen atoms in total. The van der Waals surface area contributed by atoms with Gasteiger partial charge in [-0.25, -0.2) is 0 Å². The molecule has 0 bridgehead atoms. The van der Waals surface area contributed by atoms with E-state index in [2.05, 4.69) is 48.1 Å². The average Bonchev–Trinajstić information content (AvgIpc) is 2.83. The Labute approximate surface area is 122 Å². The van der Waals surface area contributed by atoms with Crippen molar-refractivity contribution < 1.29 is 0 Å². The molecular formula is C15H16N4S. The molecule has 0 saturated heterocycles. The number of hydrogen-bond donors (Lipinski definition) is 2. The number of rotatable bonds is 1. The Morgan fingerprint density at radius 2 is 1.80 bits per heavy atom. The third-order valence-electron chi connectivity index (χ3n) is 3.24. The monoisotopic (exact) mass is 284 g/mol. The predicted molar refractivity (Wildman–Crippen MR) is 83.2 cm³/mol. The van der Waals surface area contributed by atoms with Crippen LogP contribution >= 0.6 is 12.2 Å². The third kappa shape index (κ3) is 2.25. The second kappa shape index (κ2) is 4.52. The molecule has 0 aliphatic carbocycles. The van der Waals surface area contributed by atoms with E-state index in [9.17, 15) is 0 Å². The molecular weight excluding hydrogens is 268 g/mol. The first-order valence-electron chi connectivity index (χ1n) is 6.50. The molecule has 1 aromatic carbocycles. The van der Waals surface area contributed by atoms with Crippen LogP contribution in [0, 0.1) is 4.77 Å². The summed E-state index contributed by atoms with van der Waals surface area (Å²) in [6.45, 7) is 6.46. The minimum Gasteiger partial charge on any atom is -0.282 e. The molecule has 0 fully saturated rings. The van der Waals surface area contributed by atoms with Crippen molar-refractivity contribution in [2.75, 3.05) is 0 Å². The average molecular weight is 284 g/mol. The van der Waals surface area contributed by atoms with Gasteiger partial charge in [0, 0.05) is 22.1 Å². The van der Waals surface area contributed by atoms with Crippen molar-refractivity contribution in [1.29, 1.82) is 0 Å². The number of fused-ring (bicyclic) bond motifs is 1. The number of nitrogens with zero attached hydrogens (tertiary/aromatic N) is 2. The van der Waals surface area contributed by atoms with E-state index in [0.717, 1.165) is 28.0 Å². The highest BCUT2D eigenvalue weighted by Crippen LogP contribution is 2.30. The SMILES string of the molecule is CC(C)(C)c1cc(-c2nc(=S)[nH][nH]2)c2ccccc2n1. The molecule has 0 atom stereocenters. The van der Waals surface area contributed by atoms with Crippen LogP contribution in [0.2, 0.25) is 0 Å². The van der Waals surface area contributed by atoms with Crippen LogP contribution < -0.4 is 0 Å². The zero-order valence-electron chi connectivity index (χ0n) is 11.7. The zero-order chi connectivity index (χ0) is 14.3. The van der Waals surface area contributed by atoms with Crippen LogP contribution in [0.4, 0.5) is 0 Å². The zero-order valence-corrected chi connectivity index (χ0v) is 12.5. The van der Waals surface area contributed by atoms with Gasteiger partial charge in [-0.15, -0.1) is 0 Å². The molecule has 0 aliphatic heterocycles. The topological polar surface area (TPSA) is 57.4 Å².